The first-order valence-corrected chi connectivity index (χ1v) is 18.1. The predicted molar refractivity (Wildman–Crippen MR) is 219 cm³/mol. The van der Waals surface area contributed by atoms with Crippen molar-refractivity contribution >= 4 is 30.4 Å². The van der Waals surface area contributed by atoms with Crippen LogP contribution < -0.4 is 22.1 Å². The number of aryl methyl sites for hydroxylation is 3. The molecule has 0 fully saturated rings. The summed E-state index contributed by atoms with van der Waals surface area (Å²) < 4.78 is 28.8. The van der Waals surface area contributed by atoms with Crippen LogP contribution in [0.15, 0.2) is 53.7 Å². The van der Waals surface area contributed by atoms with Crippen LogP contribution in [-0.2, 0) is 16.0 Å². The van der Waals surface area contributed by atoms with Gasteiger partial charge in [0, 0.05) is 55.7 Å². The first kappa shape index (κ1) is 48.3. The molecule has 54 heavy (non-hydrogen) atoms. The fourth-order valence-corrected chi connectivity index (χ4v) is 4.96. The summed E-state index contributed by atoms with van der Waals surface area (Å²) >= 11 is 0. The van der Waals surface area contributed by atoms with Crippen molar-refractivity contribution in [2.75, 3.05) is 31.2 Å². The number of nitrogens with one attached hydrogen (secondary N) is 2. The van der Waals surface area contributed by atoms with E-state index in [0.717, 1.165) is 52.7 Å². The number of aliphatic imine (C=N–C) groups is 1. The van der Waals surface area contributed by atoms with Crippen molar-refractivity contribution in [3.05, 3.63) is 105 Å². The number of amides is 2. The Morgan fingerprint density at radius 3 is 2.20 bits per heavy atom. The lowest BCUT2D eigenvalue weighted by molar-refractivity contribution is -0.109. The molecule has 0 radical (unpaired) electrons. The molecular formula is C42H58F2N8O2. The first-order chi connectivity index (χ1) is 25.9. The van der Waals surface area contributed by atoms with Crippen molar-refractivity contribution in [3.63, 3.8) is 0 Å². The lowest BCUT2D eigenvalue weighted by Gasteiger charge is -2.20. The zero-order chi connectivity index (χ0) is 41.2. The number of nitrogen functional groups attached to an aromatic ring is 1. The number of aromatic nitrogens is 2. The second-order valence-corrected chi connectivity index (χ2v) is 11.7. The number of nitrogens with zero attached hydrogens (tertiary/aromatic N) is 4. The van der Waals surface area contributed by atoms with Gasteiger partial charge in [-0.15, -0.1) is 0 Å². The minimum absolute atomic E-state index is 0.232. The van der Waals surface area contributed by atoms with Gasteiger partial charge in [0.15, 0.2) is 0 Å². The van der Waals surface area contributed by atoms with Gasteiger partial charge in [-0.1, -0.05) is 48.0 Å². The fourth-order valence-electron chi connectivity index (χ4n) is 4.96. The number of carbonyl (C=O) groups is 2. The second kappa shape index (κ2) is 27.0. The summed E-state index contributed by atoms with van der Waals surface area (Å²) in [6, 6.07) is 13.8. The molecule has 12 heteroatoms. The summed E-state index contributed by atoms with van der Waals surface area (Å²) in [6.45, 7) is 19.0. The van der Waals surface area contributed by atoms with Gasteiger partial charge in [-0.3, -0.25) is 19.6 Å². The van der Waals surface area contributed by atoms with Crippen LogP contribution in [0, 0.1) is 43.7 Å². The Labute approximate surface area is 320 Å². The molecule has 2 aromatic heterocycles. The molecule has 0 aliphatic rings. The number of hydrogen-bond donors (Lipinski definition) is 4. The summed E-state index contributed by atoms with van der Waals surface area (Å²) in [4.78, 5) is 32.6. The molecule has 0 bridgehead atoms. The molecule has 2 aromatic carbocycles. The Balaban J connectivity index is 0.00000102. The number of hydrogen-bond acceptors (Lipinski definition) is 8. The summed E-state index contributed by atoms with van der Waals surface area (Å²) in [5.74, 6) is -1.64. The Kier molecular flexibility index (Phi) is 24.1. The fraction of sp³-hybridized carbons (Fsp3) is 0.381. The van der Waals surface area contributed by atoms with Crippen LogP contribution in [0.5, 0.6) is 0 Å². The van der Waals surface area contributed by atoms with Crippen molar-refractivity contribution in [3.8, 4) is 17.3 Å². The molecule has 1 atom stereocenters. The van der Waals surface area contributed by atoms with Crippen LogP contribution in [0.1, 0.15) is 105 Å². The van der Waals surface area contributed by atoms with Gasteiger partial charge in [0.25, 0.3) is 0 Å². The molecular weight excluding hydrogens is 687 g/mol. The summed E-state index contributed by atoms with van der Waals surface area (Å²) in [5.41, 5.74) is 18.4. The van der Waals surface area contributed by atoms with E-state index in [-0.39, 0.29) is 30.1 Å². The van der Waals surface area contributed by atoms with Crippen LogP contribution >= 0.6 is 0 Å². The minimum Gasteiger partial charge on any atom is -0.397 e. The Morgan fingerprint density at radius 1 is 1.00 bits per heavy atom. The number of primary amides is 1. The van der Waals surface area contributed by atoms with Gasteiger partial charge in [0.05, 0.1) is 22.8 Å². The van der Waals surface area contributed by atoms with Gasteiger partial charge in [0.1, 0.15) is 23.4 Å². The van der Waals surface area contributed by atoms with Gasteiger partial charge < -0.3 is 22.1 Å². The quantitative estimate of drug-likeness (QED) is 0.0679. The summed E-state index contributed by atoms with van der Waals surface area (Å²) in [7, 11) is 1.87. The lowest BCUT2D eigenvalue weighted by atomic mass is 9.92. The average molecular weight is 745 g/mol. The number of nitriles is 1. The van der Waals surface area contributed by atoms with Gasteiger partial charge in [-0.05, 0) is 97.8 Å². The lowest BCUT2D eigenvalue weighted by Crippen LogP contribution is -2.22. The maximum atomic E-state index is 14.7. The van der Waals surface area contributed by atoms with E-state index in [0.29, 0.717) is 29.8 Å². The van der Waals surface area contributed by atoms with Gasteiger partial charge in [-0.2, -0.15) is 5.26 Å². The molecule has 2 amide bonds. The molecule has 4 aromatic rings. The van der Waals surface area contributed by atoms with Crippen molar-refractivity contribution < 1.29 is 18.4 Å². The van der Waals surface area contributed by atoms with E-state index < -0.39 is 11.6 Å². The molecule has 1 unspecified atom stereocenters. The maximum Gasteiger partial charge on any atom is 0.207 e. The van der Waals surface area contributed by atoms with Crippen molar-refractivity contribution in [2.45, 2.75) is 87.5 Å². The third-order valence-corrected chi connectivity index (χ3v) is 7.60. The second-order valence-electron chi connectivity index (χ2n) is 11.7. The predicted octanol–water partition coefficient (Wildman–Crippen LogP) is 8.34. The molecule has 6 N–H and O–H groups in total. The molecule has 292 valence electrons. The molecule has 0 aliphatic carbocycles. The van der Waals surface area contributed by atoms with E-state index in [9.17, 15) is 18.8 Å². The molecule has 0 spiro atoms. The number of benzene rings is 2. The van der Waals surface area contributed by atoms with E-state index in [4.69, 9.17) is 15.5 Å². The number of rotatable bonds is 11. The molecule has 2 heterocycles. The average Bonchev–Trinajstić information content (AvgIpc) is 3.16. The summed E-state index contributed by atoms with van der Waals surface area (Å²) in [6.07, 6.45) is 6.95. The smallest absolute Gasteiger partial charge is 0.207 e. The van der Waals surface area contributed by atoms with Gasteiger partial charge >= 0.3 is 0 Å². The highest BCUT2D eigenvalue weighted by atomic mass is 19.1. The topological polar surface area (TPSA) is 172 Å². The van der Waals surface area contributed by atoms with Crippen LogP contribution in [0.4, 0.5) is 20.2 Å². The van der Waals surface area contributed by atoms with Crippen molar-refractivity contribution in [1.29, 1.82) is 5.26 Å². The monoisotopic (exact) mass is 744 g/mol. The van der Waals surface area contributed by atoms with Gasteiger partial charge in [-0.25, -0.2) is 13.8 Å². The number of anilines is 2. The SMILES string of the molecule is CC.CCC.CCCN=Cc1cc(C)cc(NC)c1N.CCc1cc(-c2nc(C(CNC=O)c3ccnc(C#N)c3)cc(C)c2C)c(F)cc1F.NC=O. The van der Waals surface area contributed by atoms with Crippen LogP contribution in [-0.4, -0.2) is 49.1 Å². The third-order valence-electron chi connectivity index (χ3n) is 7.60. The summed E-state index contributed by atoms with van der Waals surface area (Å²) in [5, 5.41) is 14.9. The van der Waals surface area contributed by atoms with Crippen LogP contribution in [0.3, 0.4) is 0 Å². The third kappa shape index (κ3) is 15.1. The van der Waals surface area contributed by atoms with Crippen LogP contribution in [0.25, 0.3) is 11.3 Å². The van der Waals surface area contributed by atoms with Crippen molar-refractivity contribution in [1.82, 2.24) is 15.3 Å². The zero-order valence-corrected chi connectivity index (χ0v) is 33.5. The van der Waals surface area contributed by atoms with Gasteiger partial charge in [0.2, 0.25) is 12.8 Å². The maximum absolute atomic E-state index is 14.7. The highest BCUT2D eigenvalue weighted by Gasteiger charge is 2.21. The van der Waals surface area contributed by atoms with E-state index in [1.54, 1.807) is 19.1 Å². The van der Waals surface area contributed by atoms with E-state index >= 15 is 0 Å². The highest BCUT2D eigenvalue weighted by molar-refractivity contribution is 5.92. The van der Waals surface area contributed by atoms with Crippen molar-refractivity contribution in [2.24, 2.45) is 10.7 Å². The molecule has 0 saturated heterocycles. The van der Waals surface area contributed by atoms with E-state index in [2.05, 4.69) is 60.1 Å². The number of halogens is 2. The number of nitrogens with two attached hydrogens (primary N) is 2. The van der Waals surface area contributed by atoms with E-state index in [1.807, 2.05) is 59.2 Å². The normalized spacial score (nSPS) is 10.4. The number of carbonyl (C=O) groups excluding carboxylic acids is 2. The number of pyridine rings is 2. The Hall–Kier alpha value is -5.70. The Morgan fingerprint density at radius 2 is 1.65 bits per heavy atom. The van der Waals surface area contributed by atoms with E-state index in [1.165, 1.54) is 24.2 Å². The largest absolute Gasteiger partial charge is 0.397 e. The molecule has 0 saturated carbocycles. The minimum atomic E-state index is -0.680. The van der Waals surface area contributed by atoms with Crippen LogP contribution in [0.2, 0.25) is 0 Å². The highest BCUT2D eigenvalue weighted by Crippen LogP contribution is 2.32. The molecule has 0 aliphatic heterocycles. The Bertz CT molecular complexity index is 1820. The molecule has 10 nitrogen and oxygen atoms in total. The zero-order valence-electron chi connectivity index (χ0n) is 33.5. The first-order valence-electron chi connectivity index (χ1n) is 18.1. The molecule has 4 rings (SSSR count). The standard InChI is InChI=1S/C24H22F2N4O.C12H19N3.C3H8.C2H6.CH3NO/c1-4-16-9-19(22(26)10-21(16)25)24-15(3)14(2)7-23(30-24)20(12-28-13-31)17-5-6-29-18(8-17)11-27;1-4-5-15-8-10-6-9(2)7-11(14-3)12(10)13;1-3-2;1-2;2-1-3/h5-10,13,20H,4,12H2,1-3H3,(H,28,31);6-8,14H,4-5,13H2,1-3H3;3H2,1-2H3;1-2H3;1H,(H2,2,3).